The maximum absolute atomic E-state index is 5.88. The molecule has 84 valence electrons. The average molecular weight is 214 g/mol. The van der Waals surface area contributed by atoms with Crippen molar-refractivity contribution in [1.82, 2.24) is 0 Å². The van der Waals surface area contributed by atoms with Crippen LogP contribution in [0.25, 0.3) is 10.8 Å². The third kappa shape index (κ3) is 2.35. The lowest BCUT2D eigenvalue weighted by atomic mass is 10.1. The van der Waals surface area contributed by atoms with Crippen molar-refractivity contribution >= 4 is 10.8 Å². The summed E-state index contributed by atoms with van der Waals surface area (Å²) in [6.45, 7) is 6.46. The Morgan fingerprint density at radius 3 is 2.25 bits per heavy atom. The summed E-state index contributed by atoms with van der Waals surface area (Å²) >= 11 is 0. The molecule has 0 radical (unpaired) electrons. The molecule has 16 heavy (non-hydrogen) atoms. The maximum atomic E-state index is 5.88. The molecule has 0 heterocycles. The highest BCUT2D eigenvalue weighted by molar-refractivity contribution is 5.83. The molecule has 1 nitrogen and oxygen atoms in total. The van der Waals surface area contributed by atoms with Gasteiger partial charge in [0.25, 0.3) is 0 Å². The van der Waals surface area contributed by atoms with Gasteiger partial charge in [-0.25, -0.2) is 0 Å². The summed E-state index contributed by atoms with van der Waals surface area (Å²) in [6, 6.07) is 14.6. The monoisotopic (exact) mass is 214 g/mol. The Bertz CT molecular complexity index is 474. The van der Waals surface area contributed by atoms with Crippen LogP contribution in [0.3, 0.4) is 0 Å². The van der Waals surface area contributed by atoms with Crippen LogP contribution in [0.2, 0.25) is 0 Å². The van der Waals surface area contributed by atoms with E-state index in [9.17, 15) is 0 Å². The van der Waals surface area contributed by atoms with Gasteiger partial charge in [0.15, 0.2) is 0 Å². The quantitative estimate of drug-likeness (QED) is 0.741. The van der Waals surface area contributed by atoms with Gasteiger partial charge in [-0.1, -0.05) is 44.2 Å². The molecule has 0 N–H and O–H groups in total. The van der Waals surface area contributed by atoms with Crippen molar-refractivity contribution in [3.05, 3.63) is 42.5 Å². The van der Waals surface area contributed by atoms with Gasteiger partial charge in [-0.3, -0.25) is 0 Å². The second-order valence-electron chi connectivity index (χ2n) is 4.58. The molecule has 2 rings (SSSR count). The smallest absolute Gasteiger partial charge is 0.120 e. The fourth-order valence-electron chi connectivity index (χ4n) is 1.59. The van der Waals surface area contributed by atoms with Gasteiger partial charge in [0.2, 0.25) is 0 Å². The minimum Gasteiger partial charge on any atom is -0.490 e. The summed E-state index contributed by atoms with van der Waals surface area (Å²) in [5.41, 5.74) is 0. The largest absolute Gasteiger partial charge is 0.490 e. The molecule has 0 aliphatic heterocycles. The van der Waals surface area contributed by atoms with E-state index in [0.717, 1.165) is 5.75 Å². The first-order chi connectivity index (χ1) is 7.66. The van der Waals surface area contributed by atoms with Gasteiger partial charge in [-0.05, 0) is 35.7 Å². The van der Waals surface area contributed by atoms with Crippen LogP contribution in [-0.2, 0) is 0 Å². The van der Waals surface area contributed by atoms with E-state index in [4.69, 9.17) is 4.74 Å². The van der Waals surface area contributed by atoms with Gasteiger partial charge in [0.1, 0.15) is 5.75 Å². The topological polar surface area (TPSA) is 9.23 Å². The number of fused-ring (bicyclic) bond motifs is 1. The van der Waals surface area contributed by atoms with Crippen molar-refractivity contribution in [3.63, 3.8) is 0 Å². The minimum atomic E-state index is 0.251. The second-order valence-corrected chi connectivity index (χ2v) is 4.58. The molecule has 0 saturated carbocycles. The molecule has 0 fully saturated rings. The van der Waals surface area contributed by atoms with E-state index in [1.54, 1.807) is 0 Å². The van der Waals surface area contributed by atoms with Crippen molar-refractivity contribution < 1.29 is 4.74 Å². The zero-order valence-corrected chi connectivity index (χ0v) is 10.1. The second kappa shape index (κ2) is 4.56. The first-order valence-corrected chi connectivity index (χ1v) is 5.82. The minimum absolute atomic E-state index is 0.251. The molecule has 0 amide bonds. The molecule has 1 atom stereocenters. The van der Waals surface area contributed by atoms with E-state index >= 15 is 0 Å². The van der Waals surface area contributed by atoms with Crippen molar-refractivity contribution in [2.24, 2.45) is 5.92 Å². The molecule has 0 aliphatic carbocycles. The van der Waals surface area contributed by atoms with Gasteiger partial charge >= 0.3 is 0 Å². The molecule has 0 aromatic heterocycles. The number of hydrogen-bond acceptors (Lipinski definition) is 1. The maximum Gasteiger partial charge on any atom is 0.120 e. The number of ether oxygens (including phenoxy) is 1. The molecule has 0 bridgehead atoms. The number of hydrogen-bond donors (Lipinski definition) is 0. The Hall–Kier alpha value is -1.50. The molecule has 0 saturated heterocycles. The summed E-state index contributed by atoms with van der Waals surface area (Å²) in [4.78, 5) is 0. The molecule has 2 aromatic rings. The highest BCUT2D eigenvalue weighted by atomic mass is 16.5. The van der Waals surface area contributed by atoms with Crippen LogP contribution in [0.5, 0.6) is 5.75 Å². The molecular weight excluding hydrogens is 196 g/mol. The molecule has 0 aliphatic rings. The van der Waals surface area contributed by atoms with Gasteiger partial charge in [-0.2, -0.15) is 0 Å². The van der Waals surface area contributed by atoms with E-state index in [2.05, 4.69) is 57.2 Å². The van der Waals surface area contributed by atoms with E-state index in [1.165, 1.54) is 10.8 Å². The fraction of sp³-hybridized carbons (Fsp3) is 0.333. The number of benzene rings is 2. The first-order valence-electron chi connectivity index (χ1n) is 5.82. The molecule has 0 spiro atoms. The van der Waals surface area contributed by atoms with Crippen LogP contribution in [0, 0.1) is 5.92 Å². The van der Waals surface area contributed by atoms with Crippen LogP contribution in [0.15, 0.2) is 42.5 Å². The Balaban J connectivity index is 2.26. The zero-order chi connectivity index (χ0) is 11.5. The summed E-state index contributed by atoms with van der Waals surface area (Å²) in [5, 5.41) is 2.49. The SMILES string of the molecule is CC(C)C(C)Oc1ccc2ccccc2c1. The van der Waals surface area contributed by atoms with E-state index in [-0.39, 0.29) is 6.10 Å². The molecule has 2 aromatic carbocycles. The lowest BCUT2D eigenvalue weighted by Crippen LogP contribution is -2.18. The van der Waals surface area contributed by atoms with Gasteiger partial charge < -0.3 is 4.74 Å². The Morgan fingerprint density at radius 1 is 0.875 bits per heavy atom. The van der Waals surface area contributed by atoms with E-state index < -0.39 is 0 Å². The van der Waals surface area contributed by atoms with Gasteiger partial charge in [0.05, 0.1) is 6.10 Å². The van der Waals surface area contributed by atoms with Crippen LogP contribution in [0.4, 0.5) is 0 Å². The van der Waals surface area contributed by atoms with Crippen LogP contribution < -0.4 is 4.74 Å². The molecule has 1 unspecified atom stereocenters. The van der Waals surface area contributed by atoms with E-state index in [1.807, 2.05) is 6.07 Å². The Morgan fingerprint density at radius 2 is 1.56 bits per heavy atom. The van der Waals surface area contributed by atoms with Crippen LogP contribution >= 0.6 is 0 Å². The van der Waals surface area contributed by atoms with Gasteiger partial charge in [0, 0.05) is 0 Å². The third-order valence-corrected chi connectivity index (χ3v) is 2.98. The lowest BCUT2D eigenvalue weighted by molar-refractivity contribution is 0.170. The van der Waals surface area contributed by atoms with Crippen molar-refractivity contribution in [2.45, 2.75) is 26.9 Å². The van der Waals surface area contributed by atoms with Crippen LogP contribution in [0.1, 0.15) is 20.8 Å². The predicted octanol–water partition coefficient (Wildman–Crippen LogP) is 4.26. The summed E-state index contributed by atoms with van der Waals surface area (Å²) in [6.07, 6.45) is 0.251. The van der Waals surface area contributed by atoms with Crippen molar-refractivity contribution in [1.29, 1.82) is 0 Å². The predicted molar refractivity (Wildman–Crippen MR) is 68.9 cm³/mol. The lowest BCUT2D eigenvalue weighted by Gasteiger charge is -2.18. The zero-order valence-electron chi connectivity index (χ0n) is 10.1. The highest BCUT2D eigenvalue weighted by Crippen LogP contribution is 2.22. The van der Waals surface area contributed by atoms with E-state index in [0.29, 0.717) is 5.92 Å². The van der Waals surface area contributed by atoms with Crippen molar-refractivity contribution in [3.8, 4) is 5.75 Å². The number of rotatable bonds is 3. The molecule has 1 heteroatoms. The third-order valence-electron chi connectivity index (χ3n) is 2.98. The summed E-state index contributed by atoms with van der Waals surface area (Å²) < 4.78 is 5.88. The fourth-order valence-corrected chi connectivity index (χ4v) is 1.59. The highest BCUT2D eigenvalue weighted by Gasteiger charge is 2.08. The summed E-state index contributed by atoms with van der Waals surface area (Å²) in [7, 11) is 0. The normalized spacial score (nSPS) is 13.0. The standard InChI is InChI=1S/C15H18O/c1-11(2)12(3)16-15-9-8-13-6-4-5-7-14(13)10-15/h4-12H,1-3H3. The van der Waals surface area contributed by atoms with Crippen molar-refractivity contribution in [2.75, 3.05) is 0 Å². The van der Waals surface area contributed by atoms with Crippen LogP contribution in [-0.4, -0.2) is 6.10 Å². The summed E-state index contributed by atoms with van der Waals surface area (Å²) in [5.74, 6) is 1.49. The Kier molecular flexibility index (Phi) is 3.14. The van der Waals surface area contributed by atoms with Gasteiger partial charge in [-0.15, -0.1) is 0 Å². The Labute approximate surface area is 97.1 Å². The average Bonchev–Trinajstić information content (AvgIpc) is 2.28. The molecular formula is C15H18O. The first kappa shape index (κ1) is 11.0.